The highest BCUT2D eigenvalue weighted by Crippen LogP contribution is 1.52. The summed E-state index contributed by atoms with van der Waals surface area (Å²) in [5.74, 6) is 0. The van der Waals surface area contributed by atoms with Crippen molar-refractivity contribution in [3.63, 3.8) is 0 Å². The first-order chi connectivity index (χ1) is 1.91. The van der Waals surface area contributed by atoms with E-state index < -0.39 is 0 Å². The van der Waals surface area contributed by atoms with Crippen LogP contribution < -0.4 is 6.15 Å². The summed E-state index contributed by atoms with van der Waals surface area (Å²) in [5, 5.41) is 0. The molecule has 0 aliphatic heterocycles. The molecule has 0 rings (SSSR count). The Morgan fingerprint density at radius 1 is 1.00 bits per heavy atom. The monoisotopic (exact) mass is 68.1 g/mol. The molecule has 0 aliphatic rings. The predicted octanol–water partition coefficient (Wildman–Crippen LogP) is 0.878. The highest BCUT2D eigenvalue weighted by molar-refractivity contribution is 4.88. The zero-order valence-electron chi connectivity index (χ0n) is 3.02. The summed E-state index contributed by atoms with van der Waals surface area (Å²) in [4.78, 5) is 0. The van der Waals surface area contributed by atoms with Crippen molar-refractivity contribution >= 4 is 0 Å². The molecular formula is C4H6N. The molecule has 0 unspecified atom stereocenters. The fraction of sp³-hybridized carbons (Fsp3) is 0. The van der Waals surface area contributed by atoms with Gasteiger partial charge in [0.15, 0.2) is 0 Å². The van der Waals surface area contributed by atoms with E-state index in [1.54, 1.807) is 12.2 Å². The van der Waals surface area contributed by atoms with Crippen LogP contribution in [0.2, 0.25) is 0 Å². The van der Waals surface area contributed by atoms with Crippen LogP contribution in [-0.4, -0.2) is 0 Å². The van der Waals surface area contributed by atoms with Crippen LogP contribution in [0, 0.1) is 0 Å². The molecular weight excluding hydrogens is 62.1 g/mol. The second-order valence-corrected chi connectivity index (χ2v) is 0.471. The molecule has 0 atom stereocenters. The van der Waals surface area contributed by atoms with E-state index in [1.807, 2.05) is 0 Å². The van der Waals surface area contributed by atoms with Crippen LogP contribution in [-0.2, 0) is 0 Å². The third-order valence-electron chi connectivity index (χ3n) is 0.167. The Balaban J connectivity index is 0. The zero-order valence-corrected chi connectivity index (χ0v) is 3.02. The van der Waals surface area contributed by atoms with Crippen molar-refractivity contribution in [3.05, 3.63) is 25.3 Å². The highest BCUT2D eigenvalue weighted by atomic mass is 14.0. The van der Waals surface area contributed by atoms with Gasteiger partial charge in [-0.15, -0.1) is 0 Å². The molecule has 0 aliphatic carbocycles. The molecule has 0 saturated heterocycles. The van der Waals surface area contributed by atoms with Gasteiger partial charge in [0, 0.05) is 6.15 Å². The second-order valence-electron chi connectivity index (χ2n) is 0.471. The Morgan fingerprint density at radius 3 is 1.20 bits per heavy atom. The van der Waals surface area contributed by atoms with Gasteiger partial charge in [0.05, 0.1) is 0 Å². The molecule has 0 amide bonds. The summed E-state index contributed by atoms with van der Waals surface area (Å²) in [7, 11) is 0. The van der Waals surface area contributed by atoms with Crippen molar-refractivity contribution < 1.29 is 0 Å². The topological polar surface area (TPSA) is 30.5 Å². The lowest BCUT2D eigenvalue weighted by molar-refractivity contribution is 2.13. The largest absolute Gasteiger partial charge is 0.0991 e. The summed E-state index contributed by atoms with van der Waals surface area (Å²) in [6.45, 7) is 6.72. The Morgan fingerprint density at radius 2 is 1.20 bits per heavy atom. The van der Waals surface area contributed by atoms with Crippen LogP contribution in [0.5, 0.6) is 0 Å². The SMILES string of the molecule is C=CC=C.[N]. The number of hydrogen-bond acceptors (Lipinski definition) is 0. The molecule has 1 heteroatoms. The molecule has 0 aromatic rings. The van der Waals surface area contributed by atoms with Crippen molar-refractivity contribution in [2.24, 2.45) is 0 Å². The van der Waals surface area contributed by atoms with Crippen LogP contribution in [0.3, 0.4) is 0 Å². The minimum Gasteiger partial charge on any atom is -0.0991 e. The quantitative estimate of drug-likeness (QED) is 0.408. The molecule has 0 heterocycles. The van der Waals surface area contributed by atoms with Gasteiger partial charge in [-0.3, -0.25) is 0 Å². The molecule has 0 N–H and O–H groups in total. The molecule has 1 nitrogen and oxygen atoms in total. The maximum Gasteiger partial charge on any atom is 0 e. The third kappa shape index (κ3) is 36.8. The summed E-state index contributed by atoms with van der Waals surface area (Å²) in [6.07, 6.45) is 3.28. The van der Waals surface area contributed by atoms with E-state index in [4.69, 9.17) is 0 Å². The van der Waals surface area contributed by atoms with Gasteiger partial charge in [0.1, 0.15) is 0 Å². The van der Waals surface area contributed by atoms with Gasteiger partial charge in [-0.2, -0.15) is 0 Å². The van der Waals surface area contributed by atoms with Crippen molar-refractivity contribution in [1.29, 1.82) is 0 Å². The number of rotatable bonds is 1. The lowest BCUT2D eigenvalue weighted by Gasteiger charge is -1.44. The molecule has 0 aromatic heterocycles. The average molecular weight is 68.1 g/mol. The fourth-order valence-electron chi connectivity index (χ4n) is 0. The first-order valence-electron chi connectivity index (χ1n) is 1.15. The summed E-state index contributed by atoms with van der Waals surface area (Å²) >= 11 is 0. The Bertz CT molecular complexity index is 24.6. The molecule has 3 radical (unpaired) electrons. The second kappa shape index (κ2) is 9.88. The lowest BCUT2D eigenvalue weighted by atomic mass is 10.6. The van der Waals surface area contributed by atoms with E-state index in [0.29, 0.717) is 0 Å². The molecule has 27 valence electrons. The minimum atomic E-state index is 0. The molecule has 0 saturated carbocycles. The average Bonchev–Trinajstić information content (AvgIpc) is 1.37. The van der Waals surface area contributed by atoms with Crippen molar-refractivity contribution in [1.82, 2.24) is 6.15 Å². The number of nitrogens with zero attached hydrogens (tertiary/aromatic N) is 1. The van der Waals surface area contributed by atoms with Gasteiger partial charge in [-0.1, -0.05) is 25.3 Å². The van der Waals surface area contributed by atoms with E-state index in [2.05, 4.69) is 13.2 Å². The van der Waals surface area contributed by atoms with E-state index in [-0.39, 0.29) is 6.15 Å². The summed E-state index contributed by atoms with van der Waals surface area (Å²) in [5.41, 5.74) is 0. The van der Waals surface area contributed by atoms with E-state index in [0.717, 1.165) is 0 Å². The van der Waals surface area contributed by atoms with Gasteiger partial charge in [-0.05, 0) is 0 Å². The molecule has 0 bridgehead atoms. The number of allylic oxidation sites excluding steroid dienone is 2. The van der Waals surface area contributed by atoms with Gasteiger partial charge in [0.2, 0.25) is 0 Å². The highest BCUT2D eigenvalue weighted by Gasteiger charge is 1.29. The van der Waals surface area contributed by atoms with Crippen LogP contribution in [0.4, 0.5) is 0 Å². The first kappa shape index (κ1) is 8.83. The Kier molecular flexibility index (Phi) is 17.4. The van der Waals surface area contributed by atoms with E-state index in [1.165, 1.54) is 0 Å². The van der Waals surface area contributed by atoms with Crippen molar-refractivity contribution in [3.8, 4) is 0 Å². The Hall–Kier alpha value is -0.560. The summed E-state index contributed by atoms with van der Waals surface area (Å²) in [6, 6.07) is 0. The van der Waals surface area contributed by atoms with Gasteiger partial charge < -0.3 is 0 Å². The van der Waals surface area contributed by atoms with Crippen LogP contribution in [0.15, 0.2) is 25.3 Å². The maximum atomic E-state index is 3.36. The van der Waals surface area contributed by atoms with Crippen LogP contribution in [0.1, 0.15) is 0 Å². The molecule has 0 spiro atoms. The van der Waals surface area contributed by atoms with Crippen LogP contribution >= 0.6 is 0 Å². The molecule has 5 heavy (non-hydrogen) atoms. The standard InChI is InChI=1S/C4H6.N/c1-3-4-2;/h3-4H,1-2H2;. The Labute approximate surface area is 32.6 Å². The first-order valence-corrected chi connectivity index (χ1v) is 1.15. The molecule has 0 aromatic carbocycles. The van der Waals surface area contributed by atoms with Crippen LogP contribution in [0.25, 0.3) is 0 Å². The lowest BCUT2D eigenvalue weighted by Crippen LogP contribution is -1.21. The fourth-order valence-corrected chi connectivity index (χ4v) is 0. The zero-order chi connectivity index (χ0) is 3.41. The smallest absolute Gasteiger partial charge is 0 e. The van der Waals surface area contributed by atoms with E-state index >= 15 is 0 Å². The van der Waals surface area contributed by atoms with Crippen molar-refractivity contribution in [2.45, 2.75) is 0 Å². The van der Waals surface area contributed by atoms with Gasteiger partial charge in [0.25, 0.3) is 0 Å². The molecule has 0 fully saturated rings. The normalized spacial score (nSPS) is 4.00. The summed E-state index contributed by atoms with van der Waals surface area (Å²) < 4.78 is 0. The predicted molar refractivity (Wildman–Crippen MR) is 22.5 cm³/mol. The van der Waals surface area contributed by atoms with Gasteiger partial charge in [-0.25, -0.2) is 0 Å². The van der Waals surface area contributed by atoms with Gasteiger partial charge >= 0.3 is 0 Å². The third-order valence-corrected chi connectivity index (χ3v) is 0.167. The number of hydrogen-bond donors (Lipinski definition) is 0. The minimum absolute atomic E-state index is 0. The van der Waals surface area contributed by atoms with Crippen molar-refractivity contribution in [2.75, 3.05) is 0 Å². The van der Waals surface area contributed by atoms with E-state index in [9.17, 15) is 0 Å². The maximum absolute atomic E-state index is 3.36.